The summed E-state index contributed by atoms with van der Waals surface area (Å²) in [6.45, 7) is 9.23. The Morgan fingerprint density at radius 1 is 0.697 bits per heavy atom. The van der Waals surface area contributed by atoms with E-state index in [9.17, 15) is 14.4 Å². The van der Waals surface area contributed by atoms with Crippen LogP contribution in [0.1, 0.15) is 65.7 Å². The monoisotopic (exact) mass is 449 g/mol. The van der Waals surface area contributed by atoms with Crippen molar-refractivity contribution < 1.29 is 28.6 Å². The van der Waals surface area contributed by atoms with E-state index in [-0.39, 0.29) is 28.2 Å². The summed E-state index contributed by atoms with van der Waals surface area (Å²) in [5.74, 6) is -2.01. The number of hydrogen-bond acceptors (Lipinski definition) is 7. The minimum Gasteiger partial charge on any atom is -0.456 e. The molecule has 7 heteroatoms. The molecule has 0 bridgehead atoms. The Morgan fingerprint density at radius 2 is 1.21 bits per heavy atom. The van der Waals surface area contributed by atoms with Crippen LogP contribution < -0.4 is 9.47 Å². The molecular formula is C26H27NO6. The van der Waals surface area contributed by atoms with Crippen LogP contribution in [0.4, 0.5) is 0 Å². The van der Waals surface area contributed by atoms with Crippen LogP contribution >= 0.6 is 0 Å². The fraction of sp³-hybridized carbons (Fsp3) is 0.231. The number of carbonyl (C=O) groups is 3. The van der Waals surface area contributed by atoms with Crippen molar-refractivity contribution in [2.75, 3.05) is 0 Å². The Balaban J connectivity index is 0.00000187. The van der Waals surface area contributed by atoms with Crippen molar-refractivity contribution in [2.24, 2.45) is 0 Å². The molecule has 7 nitrogen and oxygen atoms in total. The molecule has 0 aliphatic heterocycles. The summed E-state index contributed by atoms with van der Waals surface area (Å²) in [6.07, 6.45) is 2.89. The lowest BCUT2D eigenvalue weighted by Gasteiger charge is -2.20. The zero-order valence-electron chi connectivity index (χ0n) is 19.3. The fourth-order valence-electron chi connectivity index (χ4n) is 2.58. The molecule has 0 saturated carbocycles. The van der Waals surface area contributed by atoms with Crippen LogP contribution in [0.25, 0.3) is 0 Å². The molecule has 33 heavy (non-hydrogen) atoms. The Morgan fingerprint density at radius 3 is 1.73 bits per heavy atom. The first-order chi connectivity index (χ1) is 15.7. The predicted octanol–water partition coefficient (Wildman–Crippen LogP) is 5.50. The maximum atomic E-state index is 12.8. The minimum atomic E-state index is -0.786. The second kappa shape index (κ2) is 11.6. The Hall–Kier alpha value is -4.00. The lowest BCUT2D eigenvalue weighted by atomic mass is 10.1. The Kier molecular flexibility index (Phi) is 8.86. The van der Waals surface area contributed by atoms with E-state index in [4.69, 9.17) is 14.2 Å². The molecule has 0 radical (unpaired) electrons. The molecule has 2 aromatic carbocycles. The van der Waals surface area contributed by atoms with Gasteiger partial charge in [0.1, 0.15) is 28.2 Å². The summed E-state index contributed by atoms with van der Waals surface area (Å²) in [6, 6.07) is 15.6. The predicted molar refractivity (Wildman–Crippen MR) is 124 cm³/mol. The van der Waals surface area contributed by atoms with E-state index in [0.29, 0.717) is 0 Å². The third-order valence-electron chi connectivity index (χ3n) is 3.92. The summed E-state index contributed by atoms with van der Waals surface area (Å²) in [5, 5.41) is 0. The van der Waals surface area contributed by atoms with Gasteiger partial charge in [-0.25, -0.2) is 14.4 Å². The first kappa shape index (κ1) is 25.3. The van der Waals surface area contributed by atoms with Gasteiger partial charge in [0, 0.05) is 12.4 Å². The number of esters is 3. The number of carbonyl (C=O) groups excluding carboxylic acids is 3. The van der Waals surface area contributed by atoms with E-state index in [2.05, 4.69) is 4.98 Å². The number of aromatic nitrogens is 1. The van der Waals surface area contributed by atoms with Gasteiger partial charge in [0.2, 0.25) is 0 Å². The van der Waals surface area contributed by atoms with Crippen molar-refractivity contribution >= 4 is 17.9 Å². The van der Waals surface area contributed by atoms with Crippen molar-refractivity contribution in [3.05, 3.63) is 89.7 Å². The summed E-state index contributed by atoms with van der Waals surface area (Å²) in [4.78, 5) is 41.5. The van der Waals surface area contributed by atoms with Crippen molar-refractivity contribution in [1.82, 2.24) is 4.98 Å². The summed E-state index contributed by atoms with van der Waals surface area (Å²) >= 11 is 0. The molecule has 172 valence electrons. The lowest BCUT2D eigenvalue weighted by Crippen LogP contribution is -2.24. The zero-order valence-corrected chi connectivity index (χ0v) is 19.3. The van der Waals surface area contributed by atoms with Gasteiger partial charge in [-0.1, -0.05) is 38.1 Å². The van der Waals surface area contributed by atoms with E-state index in [1.165, 1.54) is 36.7 Å². The van der Waals surface area contributed by atoms with E-state index in [1.54, 1.807) is 57.2 Å². The molecule has 0 unspecified atom stereocenters. The second-order valence-electron chi connectivity index (χ2n) is 7.51. The highest BCUT2D eigenvalue weighted by molar-refractivity contribution is 5.99. The quantitative estimate of drug-likeness (QED) is 0.375. The lowest BCUT2D eigenvalue weighted by molar-refractivity contribution is 0.00667. The van der Waals surface area contributed by atoms with Gasteiger partial charge in [-0.3, -0.25) is 4.98 Å². The summed E-state index contributed by atoms with van der Waals surface area (Å²) < 4.78 is 16.2. The number of nitrogens with zero attached hydrogens (tertiary/aromatic N) is 1. The molecule has 3 aromatic rings. The third-order valence-corrected chi connectivity index (χ3v) is 3.92. The first-order valence-corrected chi connectivity index (χ1v) is 10.5. The molecule has 0 aliphatic carbocycles. The number of rotatable bonds is 5. The van der Waals surface area contributed by atoms with Crippen LogP contribution in [-0.4, -0.2) is 28.5 Å². The molecule has 3 rings (SSSR count). The molecule has 0 amide bonds. The molecule has 0 fully saturated rings. The van der Waals surface area contributed by atoms with Crippen LogP contribution in [0.2, 0.25) is 0 Å². The summed E-state index contributed by atoms with van der Waals surface area (Å²) in [7, 11) is 0. The SMILES string of the molecule is CC.CC(C)(C)OC(=O)c1ccccc1OC(=O)c1ccccc1OC(=O)c1cccnc1. The maximum absolute atomic E-state index is 12.8. The van der Waals surface area contributed by atoms with Crippen LogP contribution in [0, 0.1) is 0 Å². The second-order valence-corrected chi connectivity index (χ2v) is 7.51. The highest BCUT2D eigenvalue weighted by atomic mass is 16.6. The van der Waals surface area contributed by atoms with Gasteiger partial charge in [0.15, 0.2) is 0 Å². The van der Waals surface area contributed by atoms with Crippen LogP contribution in [0.5, 0.6) is 11.5 Å². The number of hydrogen-bond donors (Lipinski definition) is 0. The van der Waals surface area contributed by atoms with Crippen molar-refractivity contribution in [3.8, 4) is 11.5 Å². The van der Waals surface area contributed by atoms with Gasteiger partial charge >= 0.3 is 17.9 Å². The van der Waals surface area contributed by atoms with Crippen LogP contribution in [0.3, 0.4) is 0 Å². The average Bonchev–Trinajstić information content (AvgIpc) is 2.80. The fourth-order valence-corrected chi connectivity index (χ4v) is 2.58. The zero-order chi connectivity index (χ0) is 24.4. The molecule has 0 saturated heterocycles. The molecule has 0 N–H and O–H groups in total. The number of ether oxygens (including phenoxy) is 3. The minimum absolute atomic E-state index is 0.0242. The van der Waals surface area contributed by atoms with Gasteiger partial charge < -0.3 is 14.2 Å². The van der Waals surface area contributed by atoms with Gasteiger partial charge in [-0.2, -0.15) is 0 Å². The highest BCUT2D eigenvalue weighted by Crippen LogP contribution is 2.25. The van der Waals surface area contributed by atoms with Crippen molar-refractivity contribution in [1.29, 1.82) is 0 Å². The molecule has 0 aliphatic rings. The summed E-state index contributed by atoms with van der Waals surface area (Å²) in [5.41, 5.74) is -0.336. The molecular weight excluding hydrogens is 422 g/mol. The largest absolute Gasteiger partial charge is 0.456 e. The van der Waals surface area contributed by atoms with E-state index in [0.717, 1.165) is 0 Å². The first-order valence-electron chi connectivity index (χ1n) is 10.5. The normalized spacial score (nSPS) is 10.3. The average molecular weight is 450 g/mol. The number of para-hydroxylation sites is 2. The molecule has 1 aromatic heterocycles. The Bertz CT molecular complexity index is 1100. The van der Waals surface area contributed by atoms with Crippen molar-refractivity contribution in [2.45, 2.75) is 40.2 Å². The van der Waals surface area contributed by atoms with Gasteiger partial charge in [0.25, 0.3) is 0 Å². The van der Waals surface area contributed by atoms with Crippen molar-refractivity contribution in [3.63, 3.8) is 0 Å². The van der Waals surface area contributed by atoms with Gasteiger partial charge in [-0.15, -0.1) is 0 Å². The van der Waals surface area contributed by atoms with E-state index < -0.39 is 23.5 Å². The van der Waals surface area contributed by atoms with Crippen LogP contribution in [-0.2, 0) is 4.74 Å². The number of benzene rings is 2. The van der Waals surface area contributed by atoms with Crippen LogP contribution in [0.15, 0.2) is 73.1 Å². The Labute approximate surface area is 193 Å². The highest BCUT2D eigenvalue weighted by Gasteiger charge is 2.24. The maximum Gasteiger partial charge on any atom is 0.347 e. The van der Waals surface area contributed by atoms with Gasteiger partial charge in [0.05, 0.1) is 5.56 Å². The standard InChI is InChI=1S/C24H21NO6.C2H6/c1-24(2,3)31-23(28)18-11-5-7-13-20(18)30-22(27)17-10-4-6-12-19(17)29-21(26)16-9-8-14-25-15-16;1-2/h4-15H,1-3H3;1-2H3. The van der Waals surface area contributed by atoms with E-state index >= 15 is 0 Å². The van der Waals surface area contributed by atoms with E-state index in [1.807, 2.05) is 13.8 Å². The smallest absolute Gasteiger partial charge is 0.347 e. The molecule has 0 spiro atoms. The topological polar surface area (TPSA) is 91.8 Å². The van der Waals surface area contributed by atoms with Gasteiger partial charge in [-0.05, 0) is 57.2 Å². The third kappa shape index (κ3) is 7.28. The number of pyridine rings is 1. The molecule has 1 heterocycles. The molecule has 0 atom stereocenters.